The number of alkyl halides is 1. The van der Waals surface area contributed by atoms with Crippen LogP contribution in [0.5, 0.6) is 0 Å². The number of rotatable bonds is 6. The molecule has 94 valence electrons. The van der Waals surface area contributed by atoms with Crippen LogP contribution in [0.2, 0.25) is 0 Å². The highest BCUT2D eigenvalue weighted by Gasteiger charge is 2.14. The number of aromatic amines is 1. The molecule has 1 heterocycles. The summed E-state index contributed by atoms with van der Waals surface area (Å²) in [4.78, 5) is 19.0. The van der Waals surface area contributed by atoms with E-state index in [1.807, 2.05) is 13.0 Å². The lowest BCUT2D eigenvalue weighted by Gasteiger charge is -2.02. The quantitative estimate of drug-likeness (QED) is 0.351. The molecule has 0 aliphatic heterocycles. The minimum absolute atomic E-state index is 0.348. The average Bonchev–Trinajstić information content (AvgIpc) is 2.65. The summed E-state index contributed by atoms with van der Waals surface area (Å²) in [5, 5.41) is 3.75. The largest absolute Gasteiger partial charge is 0.394 e. The number of nitrogens with one attached hydrogen (secondary N) is 1. The lowest BCUT2D eigenvalue weighted by molar-refractivity contribution is -0.119. The lowest BCUT2D eigenvalue weighted by atomic mass is 10.1. The van der Waals surface area contributed by atoms with E-state index in [0.29, 0.717) is 12.5 Å². The Labute approximate surface area is 105 Å². The molecule has 1 amide bonds. The predicted molar refractivity (Wildman–Crippen MR) is 67.4 cm³/mol. The monoisotopic (exact) mass is 257 g/mol. The molecule has 0 aromatic carbocycles. The van der Waals surface area contributed by atoms with Gasteiger partial charge in [-0.15, -0.1) is 11.6 Å². The fourth-order valence-corrected chi connectivity index (χ4v) is 1.37. The highest BCUT2D eigenvalue weighted by atomic mass is 35.5. The first-order chi connectivity index (χ1) is 8.06. The molecule has 0 radical (unpaired) electrons. The van der Waals surface area contributed by atoms with E-state index < -0.39 is 0 Å². The van der Waals surface area contributed by atoms with Gasteiger partial charge in [0.2, 0.25) is 5.91 Å². The first kappa shape index (κ1) is 13.6. The van der Waals surface area contributed by atoms with Gasteiger partial charge in [0.05, 0.1) is 23.7 Å². The Morgan fingerprint density at radius 3 is 3.06 bits per heavy atom. The van der Waals surface area contributed by atoms with Crippen molar-refractivity contribution in [2.75, 3.05) is 12.5 Å². The Balaban J connectivity index is 2.75. The number of hydrogen-bond donors (Lipinski definition) is 2. The van der Waals surface area contributed by atoms with Crippen LogP contribution in [-0.4, -0.2) is 29.6 Å². The van der Waals surface area contributed by atoms with E-state index in [-0.39, 0.29) is 11.8 Å². The van der Waals surface area contributed by atoms with Crippen molar-refractivity contribution in [3.8, 4) is 0 Å². The molecule has 6 heteroatoms. The van der Waals surface area contributed by atoms with E-state index in [1.165, 1.54) is 0 Å². The van der Waals surface area contributed by atoms with E-state index >= 15 is 0 Å². The maximum atomic E-state index is 11.0. The molecule has 3 N–H and O–H groups in total. The maximum Gasteiger partial charge on any atom is 0.226 e. The van der Waals surface area contributed by atoms with Gasteiger partial charge in [0.1, 0.15) is 6.61 Å². The molecule has 0 fully saturated rings. The van der Waals surface area contributed by atoms with Crippen LogP contribution in [0.3, 0.4) is 0 Å². The molecule has 1 aromatic heterocycles. The number of oxime groups is 1. The molecule has 1 rings (SSSR count). The number of halogens is 1. The van der Waals surface area contributed by atoms with Gasteiger partial charge in [-0.1, -0.05) is 5.16 Å². The van der Waals surface area contributed by atoms with Crippen molar-refractivity contribution in [1.29, 1.82) is 0 Å². The fraction of sp³-hybridized carbons (Fsp3) is 0.455. The highest BCUT2D eigenvalue weighted by Crippen LogP contribution is 2.16. The minimum atomic E-state index is -0.367. The summed E-state index contributed by atoms with van der Waals surface area (Å²) >= 11 is 5.44. The Hall–Kier alpha value is -1.49. The third-order valence-corrected chi connectivity index (χ3v) is 2.55. The second-order valence-electron chi connectivity index (χ2n) is 3.70. The van der Waals surface area contributed by atoms with E-state index in [2.05, 4.69) is 10.1 Å². The van der Waals surface area contributed by atoms with Gasteiger partial charge in [0.25, 0.3) is 0 Å². The standard InChI is InChI=1S/C11H16ClN3O2/c1-7-5-9(8(2)11(13)16)15-10(7)6-14-17-4-3-12/h5-6,8,15H,3-4H2,1-2H3,(H2,13,16)/b14-6+. The van der Waals surface area contributed by atoms with Crippen LogP contribution in [0.25, 0.3) is 0 Å². The van der Waals surface area contributed by atoms with E-state index in [1.54, 1.807) is 13.1 Å². The molecule has 1 unspecified atom stereocenters. The second kappa shape index (κ2) is 6.30. The zero-order valence-electron chi connectivity index (χ0n) is 9.87. The topological polar surface area (TPSA) is 80.5 Å². The molecule has 1 aromatic rings. The minimum Gasteiger partial charge on any atom is -0.394 e. The van der Waals surface area contributed by atoms with Gasteiger partial charge in [0, 0.05) is 5.69 Å². The van der Waals surface area contributed by atoms with Gasteiger partial charge in [0.15, 0.2) is 0 Å². The molecule has 0 saturated carbocycles. The van der Waals surface area contributed by atoms with Crippen LogP contribution < -0.4 is 5.73 Å². The van der Waals surface area contributed by atoms with Gasteiger partial charge >= 0.3 is 0 Å². The fourth-order valence-electron chi connectivity index (χ4n) is 1.30. The van der Waals surface area contributed by atoms with Crippen molar-refractivity contribution in [2.24, 2.45) is 10.9 Å². The number of H-pyrrole nitrogens is 1. The number of carbonyl (C=O) groups excluding carboxylic acids is 1. The summed E-state index contributed by atoms with van der Waals surface area (Å²) in [6.07, 6.45) is 1.55. The number of nitrogens with zero attached hydrogens (tertiary/aromatic N) is 1. The zero-order valence-corrected chi connectivity index (χ0v) is 10.6. The molecule has 1 atom stereocenters. The van der Waals surface area contributed by atoms with E-state index in [9.17, 15) is 4.79 Å². The van der Waals surface area contributed by atoms with Gasteiger partial charge in [-0.2, -0.15) is 0 Å². The number of primary amides is 1. The van der Waals surface area contributed by atoms with Gasteiger partial charge in [-0.05, 0) is 25.5 Å². The average molecular weight is 258 g/mol. The number of hydrogen-bond acceptors (Lipinski definition) is 3. The number of nitrogens with two attached hydrogens (primary N) is 1. The van der Waals surface area contributed by atoms with Crippen molar-refractivity contribution in [3.05, 3.63) is 23.0 Å². The summed E-state index contributed by atoms with van der Waals surface area (Å²) in [5.74, 6) is -0.321. The van der Waals surface area contributed by atoms with Crippen molar-refractivity contribution in [2.45, 2.75) is 19.8 Å². The Morgan fingerprint density at radius 1 is 1.76 bits per heavy atom. The summed E-state index contributed by atoms with van der Waals surface area (Å²) in [6.45, 7) is 4.03. The first-order valence-corrected chi connectivity index (χ1v) is 5.79. The number of amides is 1. The summed E-state index contributed by atoms with van der Waals surface area (Å²) < 4.78 is 0. The third-order valence-electron chi connectivity index (χ3n) is 2.39. The van der Waals surface area contributed by atoms with E-state index in [4.69, 9.17) is 22.2 Å². The molecular formula is C11H16ClN3O2. The van der Waals surface area contributed by atoms with Gasteiger partial charge in [-0.3, -0.25) is 4.79 Å². The van der Waals surface area contributed by atoms with Crippen molar-refractivity contribution >= 4 is 23.7 Å². The van der Waals surface area contributed by atoms with E-state index in [0.717, 1.165) is 17.0 Å². The van der Waals surface area contributed by atoms with Crippen LogP contribution in [-0.2, 0) is 9.63 Å². The maximum absolute atomic E-state index is 11.0. The van der Waals surface area contributed by atoms with Crippen LogP contribution in [0.4, 0.5) is 0 Å². The molecule has 0 aliphatic carbocycles. The normalized spacial score (nSPS) is 12.9. The molecule has 5 nitrogen and oxygen atoms in total. The second-order valence-corrected chi connectivity index (χ2v) is 4.08. The van der Waals surface area contributed by atoms with Gasteiger partial charge in [-0.25, -0.2) is 0 Å². The van der Waals surface area contributed by atoms with Crippen molar-refractivity contribution < 1.29 is 9.63 Å². The number of carbonyl (C=O) groups is 1. The zero-order chi connectivity index (χ0) is 12.8. The first-order valence-electron chi connectivity index (χ1n) is 5.26. The Morgan fingerprint density at radius 2 is 2.47 bits per heavy atom. The molecule has 0 bridgehead atoms. The Kier molecular flexibility index (Phi) is 5.03. The molecule has 0 aliphatic rings. The summed E-state index contributed by atoms with van der Waals surface area (Å²) in [7, 11) is 0. The molecular weight excluding hydrogens is 242 g/mol. The van der Waals surface area contributed by atoms with Crippen molar-refractivity contribution in [1.82, 2.24) is 4.98 Å². The SMILES string of the molecule is Cc1cc(C(C)C(N)=O)[nH]c1/C=N/OCCCl. The van der Waals surface area contributed by atoms with Crippen LogP contribution >= 0.6 is 11.6 Å². The molecule has 0 spiro atoms. The third kappa shape index (κ3) is 3.78. The van der Waals surface area contributed by atoms with Crippen LogP contribution in [0.15, 0.2) is 11.2 Å². The van der Waals surface area contributed by atoms with Crippen molar-refractivity contribution in [3.63, 3.8) is 0 Å². The smallest absolute Gasteiger partial charge is 0.226 e. The molecule has 0 saturated heterocycles. The number of aromatic nitrogens is 1. The van der Waals surface area contributed by atoms with Gasteiger partial charge < -0.3 is 15.6 Å². The highest BCUT2D eigenvalue weighted by molar-refractivity contribution is 6.17. The number of aryl methyl sites for hydroxylation is 1. The molecule has 17 heavy (non-hydrogen) atoms. The van der Waals surface area contributed by atoms with Crippen LogP contribution in [0.1, 0.15) is 29.8 Å². The predicted octanol–water partition coefficient (Wildman–Crippen LogP) is 1.50. The van der Waals surface area contributed by atoms with Crippen LogP contribution in [0, 0.1) is 6.92 Å². The Bertz CT molecular complexity index is 415. The summed E-state index contributed by atoms with van der Waals surface area (Å²) in [5.41, 5.74) is 7.78. The summed E-state index contributed by atoms with van der Waals surface area (Å²) in [6, 6.07) is 1.87. The lowest BCUT2D eigenvalue weighted by Crippen LogP contribution is -2.18.